The molecule has 0 radical (unpaired) electrons. The molecule has 0 spiro atoms. The monoisotopic (exact) mass is 362 g/mol. The summed E-state index contributed by atoms with van der Waals surface area (Å²) in [7, 11) is 3.02. The maximum absolute atomic E-state index is 12.5. The number of methoxy groups -OCH3 is 2. The molecule has 2 rings (SSSR count). The normalized spacial score (nSPS) is 14.9. The predicted molar refractivity (Wildman–Crippen MR) is 90.1 cm³/mol. The minimum Gasteiger partial charge on any atom is -0.468 e. The lowest BCUT2D eigenvalue weighted by atomic mass is 9.78. The summed E-state index contributed by atoms with van der Waals surface area (Å²) < 4.78 is 10.9. The Morgan fingerprint density at radius 2 is 1.59 bits per heavy atom. The van der Waals surface area contributed by atoms with Gasteiger partial charge in [-0.1, -0.05) is 76.6 Å². The zero-order valence-electron chi connectivity index (χ0n) is 12.7. The lowest BCUT2D eigenvalue weighted by molar-refractivity contribution is -0.151. The van der Waals surface area contributed by atoms with Crippen molar-refractivity contribution in [3.05, 3.63) is 71.8 Å². The maximum atomic E-state index is 12.5. The lowest BCUT2D eigenvalue weighted by Gasteiger charge is -2.37. The van der Waals surface area contributed by atoms with Gasteiger partial charge in [-0.05, 0) is 11.1 Å². The Balaban J connectivity index is 2.62. The molecule has 0 saturated carbocycles. The zero-order valence-corrected chi connectivity index (χ0v) is 14.2. The number of carbonyl (C=O) groups excluding carboxylic acids is 1. The molecule has 2 atom stereocenters. The summed E-state index contributed by atoms with van der Waals surface area (Å²) in [5.74, 6) is -0.887. The van der Waals surface area contributed by atoms with Crippen molar-refractivity contribution in [2.45, 2.75) is 11.5 Å². The molecular formula is C18H19BrO3. The Labute approximate surface area is 139 Å². The largest absolute Gasteiger partial charge is 0.468 e. The summed E-state index contributed by atoms with van der Waals surface area (Å²) in [5, 5.41) is 0.467. The van der Waals surface area contributed by atoms with Crippen LogP contribution in [0.5, 0.6) is 0 Å². The first-order valence-corrected chi connectivity index (χ1v) is 8.11. The molecule has 0 fully saturated rings. The first kappa shape index (κ1) is 16.7. The van der Waals surface area contributed by atoms with Crippen molar-refractivity contribution >= 4 is 21.9 Å². The number of hydrogen-bond donors (Lipinski definition) is 0. The molecular weight excluding hydrogens is 344 g/mol. The van der Waals surface area contributed by atoms with Crippen molar-refractivity contribution in [3.63, 3.8) is 0 Å². The minimum atomic E-state index is -0.838. The third-order valence-corrected chi connectivity index (χ3v) is 4.69. The van der Waals surface area contributed by atoms with Crippen LogP contribution < -0.4 is 0 Å². The van der Waals surface area contributed by atoms with Gasteiger partial charge in [0.05, 0.1) is 7.11 Å². The summed E-state index contributed by atoms with van der Waals surface area (Å²) in [4.78, 5) is 12.5. The molecule has 0 saturated heterocycles. The van der Waals surface area contributed by atoms with Crippen LogP contribution in [0.4, 0.5) is 0 Å². The summed E-state index contributed by atoms with van der Waals surface area (Å²) >= 11 is 3.53. The van der Waals surface area contributed by atoms with Gasteiger partial charge >= 0.3 is 5.97 Å². The van der Waals surface area contributed by atoms with Gasteiger partial charge in [-0.3, -0.25) is 4.79 Å². The van der Waals surface area contributed by atoms with E-state index < -0.39 is 11.5 Å². The third kappa shape index (κ3) is 3.08. The molecule has 0 unspecified atom stereocenters. The highest BCUT2D eigenvalue weighted by atomic mass is 79.9. The van der Waals surface area contributed by atoms with Crippen molar-refractivity contribution in [3.8, 4) is 0 Å². The van der Waals surface area contributed by atoms with E-state index >= 15 is 0 Å². The highest BCUT2D eigenvalue weighted by molar-refractivity contribution is 9.09. The summed E-state index contributed by atoms with van der Waals surface area (Å²) in [6.07, 6.45) is 0. The summed E-state index contributed by atoms with van der Waals surface area (Å²) in [6.45, 7) is 0. The molecule has 2 aromatic carbocycles. The first-order valence-electron chi connectivity index (χ1n) is 6.99. The number of ether oxygens (including phenoxy) is 2. The molecule has 0 bridgehead atoms. The second-order valence-electron chi connectivity index (χ2n) is 4.96. The fraction of sp³-hybridized carbons (Fsp3) is 0.278. The molecule has 3 nitrogen and oxygen atoms in total. The Morgan fingerprint density at radius 3 is 2.05 bits per heavy atom. The second kappa shape index (κ2) is 7.56. The van der Waals surface area contributed by atoms with Crippen molar-refractivity contribution < 1.29 is 14.3 Å². The van der Waals surface area contributed by atoms with Gasteiger partial charge in [0.2, 0.25) is 0 Å². The lowest BCUT2D eigenvalue weighted by Crippen LogP contribution is -2.42. The standard InChI is InChI=1S/C18H19BrO3/c1-21-17(20)16(14-9-5-3-6-10-14)18(13-19,22-2)15-11-7-4-8-12-15/h3-12,16H,13H2,1-2H3/t16-,18+/m1/s1. The zero-order chi connectivity index (χ0) is 16.0. The second-order valence-corrected chi connectivity index (χ2v) is 5.52. The van der Waals surface area contributed by atoms with E-state index in [0.29, 0.717) is 5.33 Å². The first-order chi connectivity index (χ1) is 10.7. The van der Waals surface area contributed by atoms with Crippen molar-refractivity contribution in [1.82, 2.24) is 0 Å². The van der Waals surface area contributed by atoms with E-state index in [1.165, 1.54) is 7.11 Å². The SMILES string of the molecule is COC(=O)[C@@H](c1ccccc1)[C@@](CBr)(OC)c1ccccc1. The van der Waals surface area contributed by atoms with Crippen molar-refractivity contribution in [2.75, 3.05) is 19.5 Å². The van der Waals surface area contributed by atoms with Crippen LogP contribution >= 0.6 is 15.9 Å². The molecule has 0 heterocycles. The van der Waals surface area contributed by atoms with Crippen LogP contribution in [0.3, 0.4) is 0 Å². The molecule has 0 aliphatic rings. The average Bonchev–Trinajstić information content (AvgIpc) is 2.60. The third-order valence-electron chi connectivity index (χ3n) is 3.86. The molecule has 0 amide bonds. The van der Waals surface area contributed by atoms with Crippen LogP contribution in [-0.4, -0.2) is 25.5 Å². The fourth-order valence-electron chi connectivity index (χ4n) is 2.69. The van der Waals surface area contributed by atoms with Crippen LogP contribution in [0.15, 0.2) is 60.7 Å². The topological polar surface area (TPSA) is 35.5 Å². The molecule has 116 valence electrons. The van der Waals surface area contributed by atoms with Crippen LogP contribution in [0, 0.1) is 0 Å². The van der Waals surface area contributed by atoms with Gasteiger partial charge < -0.3 is 9.47 Å². The minimum absolute atomic E-state index is 0.323. The Morgan fingerprint density at radius 1 is 1.05 bits per heavy atom. The Bertz CT molecular complexity index is 594. The van der Waals surface area contributed by atoms with Gasteiger partial charge in [-0.25, -0.2) is 0 Å². The van der Waals surface area contributed by atoms with Gasteiger partial charge in [0, 0.05) is 12.4 Å². The van der Waals surface area contributed by atoms with Crippen LogP contribution in [0.1, 0.15) is 17.0 Å². The Kier molecular flexibility index (Phi) is 5.75. The number of esters is 1. The smallest absolute Gasteiger partial charge is 0.316 e. The number of halogens is 1. The number of benzene rings is 2. The highest BCUT2D eigenvalue weighted by Gasteiger charge is 2.46. The van der Waals surface area contributed by atoms with Crippen LogP contribution in [0.25, 0.3) is 0 Å². The Hall–Kier alpha value is -1.65. The van der Waals surface area contributed by atoms with E-state index in [2.05, 4.69) is 15.9 Å². The quantitative estimate of drug-likeness (QED) is 0.577. The number of hydrogen-bond acceptors (Lipinski definition) is 3. The van der Waals surface area contributed by atoms with Crippen molar-refractivity contribution in [1.29, 1.82) is 0 Å². The van der Waals surface area contributed by atoms with Gasteiger partial charge in [0.15, 0.2) is 0 Å². The molecule has 2 aromatic rings. The van der Waals surface area contributed by atoms with E-state index in [9.17, 15) is 4.79 Å². The van der Waals surface area contributed by atoms with Crippen LogP contribution in [-0.2, 0) is 19.9 Å². The summed E-state index contributed by atoms with van der Waals surface area (Å²) in [6, 6.07) is 19.3. The van der Waals surface area contributed by atoms with Gasteiger partial charge in [0.1, 0.15) is 11.5 Å². The predicted octanol–water partition coefficient (Wildman–Crippen LogP) is 3.88. The van der Waals surface area contributed by atoms with Crippen molar-refractivity contribution in [2.24, 2.45) is 0 Å². The van der Waals surface area contributed by atoms with E-state index in [1.807, 2.05) is 60.7 Å². The van der Waals surface area contributed by atoms with E-state index in [1.54, 1.807) is 7.11 Å². The molecule has 0 aliphatic carbocycles. The van der Waals surface area contributed by atoms with Crippen LogP contribution in [0.2, 0.25) is 0 Å². The average molecular weight is 363 g/mol. The molecule has 0 aliphatic heterocycles. The number of alkyl halides is 1. The summed E-state index contributed by atoms with van der Waals surface area (Å²) in [5.41, 5.74) is 0.948. The molecule has 0 aromatic heterocycles. The number of carbonyl (C=O) groups is 1. The van der Waals surface area contributed by atoms with E-state index in [4.69, 9.17) is 9.47 Å². The molecule has 22 heavy (non-hydrogen) atoms. The van der Waals surface area contributed by atoms with Gasteiger partial charge in [-0.2, -0.15) is 0 Å². The van der Waals surface area contributed by atoms with Gasteiger partial charge in [-0.15, -0.1) is 0 Å². The maximum Gasteiger partial charge on any atom is 0.316 e. The van der Waals surface area contributed by atoms with E-state index in [-0.39, 0.29) is 5.97 Å². The molecule has 4 heteroatoms. The van der Waals surface area contributed by atoms with Gasteiger partial charge in [0.25, 0.3) is 0 Å². The molecule has 0 N–H and O–H groups in total. The van der Waals surface area contributed by atoms with E-state index in [0.717, 1.165) is 11.1 Å². The fourth-order valence-corrected chi connectivity index (χ4v) is 3.57. The highest BCUT2D eigenvalue weighted by Crippen LogP contribution is 2.42. The number of rotatable bonds is 6.